The van der Waals surface area contributed by atoms with Crippen LogP contribution in [0.2, 0.25) is 5.02 Å². The van der Waals surface area contributed by atoms with Gasteiger partial charge in [0.25, 0.3) is 0 Å². The van der Waals surface area contributed by atoms with E-state index in [2.05, 4.69) is 12.2 Å². The topological polar surface area (TPSA) is 21.3 Å². The van der Waals surface area contributed by atoms with Gasteiger partial charge in [-0.05, 0) is 49.9 Å². The maximum absolute atomic E-state index is 13.6. The number of methoxy groups -OCH3 is 1. The molecule has 0 amide bonds. The minimum Gasteiger partial charge on any atom is -0.377 e. The van der Waals surface area contributed by atoms with Crippen molar-refractivity contribution in [1.82, 2.24) is 5.32 Å². The van der Waals surface area contributed by atoms with Crippen molar-refractivity contribution >= 4 is 11.6 Å². The van der Waals surface area contributed by atoms with E-state index in [4.69, 9.17) is 16.3 Å². The van der Waals surface area contributed by atoms with Crippen molar-refractivity contribution in [2.24, 2.45) is 5.92 Å². The van der Waals surface area contributed by atoms with Crippen LogP contribution in [0.3, 0.4) is 0 Å². The fraction of sp³-hybridized carbons (Fsp3) is 0.647. The molecule has 2 nitrogen and oxygen atoms in total. The van der Waals surface area contributed by atoms with Gasteiger partial charge in [0.05, 0.1) is 10.6 Å². The summed E-state index contributed by atoms with van der Waals surface area (Å²) in [5, 5.41) is 3.56. The van der Waals surface area contributed by atoms with E-state index in [0.29, 0.717) is 5.92 Å². The van der Waals surface area contributed by atoms with Crippen LogP contribution in [0.15, 0.2) is 18.2 Å². The van der Waals surface area contributed by atoms with Gasteiger partial charge in [-0.15, -0.1) is 0 Å². The monoisotopic (exact) mass is 313 g/mol. The second-order valence-electron chi connectivity index (χ2n) is 6.26. The number of ether oxygens (including phenoxy) is 1. The number of hydrogen-bond acceptors (Lipinski definition) is 2. The van der Waals surface area contributed by atoms with E-state index >= 15 is 0 Å². The van der Waals surface area contributed by atoms with Crippen molar-refractivity contribution in [3.05, 3.63) is 34.6 Å². The number of rotatable bonds is 5. The number of halogens is 2. The molecule has 0 heterocycles. The predicted octanol–water partition coefficient (Wildman–Crippen LogP) is 4.20. The van der Waals surface area contributed by atoms with Crippen LogP contribution in [0, 0.1) is 11.7 Å². The van der Waals surface area contributed by atoms with E-state index < -0.39 is 0 Å². The lowest BCUT2D eigenvalue weighted by Crippen LogP contribution is -2.54. The molecule has 0 radical (unpaired) electrons. The molecule has 2 rings (SSSR count). The van der Waals surface area contributed by atoms with Gasteiger partial charge >= 0.3 is 0 Å². The van der Waals surface area contributed by atoms with E-state index in [0.717, 1.165) is 24.8 Å². The summed E-state index contributed by atoms with van der Waals surface area (Å²) in [5.74, 6) is 0.309. The smallest absolute Gasteiger partial charge is 0.142 e. The van der Waals surface area contributed by atoms with E-state index in [1.165, 1.54) is 18.9 Å². The average molecular weight is 314 g/mol. The highest BCUT2D eigenvalue weighted by Crippen LogP contribution is 2.38. The Morgan fingerprint density at radius 2 is 2.29 bits per heavy atom. The molecular formula is C17H25ClFNO. The molecular weight excluding hydrogens is 289 g/mol. The summed E-state index contributed by atoms with van der Waals surface area (Å²) in [5.41, 5.74) is 0.786. The van der Waals surface area contributed by atoms with Crippen LogP contribution in [-0.4, -0.2) is 25.8 Å². The van der Waals surface area contributed by atoms with Gasteiger partial charge in [0.1, 0.15) is 5.82 Å². The molecule has 3 unspecified atom stereocenters. The average Bonchev–Trinajstić information content (AvgIpc) is 2.48. The first-order valence-electron chi connectivity index (χ1n) is 7.67. The summed E-state index contributed by atoms with van der Waals surface area (Å²) in [7, 11) is 3.75. The first-order chi connectivity index (χ1) is 10.0. The second-order valence-corrected chi connectivity index (χ2v) is 6.67. The standard InChI is InChI=1S/C17H25ClFNO/c1-12-5-4-8-17(11-12,21-3)16(20-2)10-13-6-7-14(18)15(19)9-13/h6-7,9,12,16,20H,4-5,8,10-11H2,1-3H3. The molecule has 1 aliphatic carbocycles. The minimum atomic E-state index is -0.354. The zero-order valence-electron chi connectivity index (χ0n) is 13.1. The molecule has 0 aliphatic heterocycles. The maximum atomic E-state index is 13.6. The molecule has 0 saturated heterocycles. The molecule has 4 heteroatoms. The minimum absolute atomic E-state index is 0.164. The van der Waals surface area contributed by atoms with Gasteiger partial charge in [0.15, 0.2) is 0 Å². The summed E-state index contributed by atoms with van der Waals surface area (Å²) in [4.78, 5) is 0. The lowest BCUT2D eigenvalue weighted by atomic mass is 9.73. The number of hydrogen-bond donors (Lipinski definition) is 1. The largest absolute Gasteiger partial charge is 0.377 e. The molecule has 0 bridgehead atoms. The van der Waals surface area contributed by atoms with Crippen molar-refractivity contribution in [3.8, 4) is 0 Å². The number of benzene rings is 1. The Bertz CT molecular complexity index is 482. The van der Waals surface area contributed by atoms with E-state index in [-0.39, 0.29) is 22.5 Å². The lowest BCUT2D eigenvalue weighted by Gasteiger charge is -2.44. The van der Waals surface area contributed by atoms with Crippen LogP contribution in [0.25, 0.3) is 0 Å². The summed E-state index contributed by atoms with van der Waals surface area (Å²) in [6.45, 7) is 2.28. The Labute approximate surface area is 132 Å². The Kier molecular flexibility index (Phi) is 5.64. The first kappa shape index (κ1) is 16.7. The van der Waals surface area contributed by atoms with Gasteiger partial charge in [-0.2, -0.15) is 0 Å². The van der Waals surface area contributed by atoms with Crippen LogP contribution >= 0.6 is 11.6 Å². The summed E-state index contributed by atoms with van der Waals surface area (Å²) in [6.07, 6.45) is 5.28. The molecule has 1 aliphatic rings. The molecule has 118 valence electrons. The summed E-state index contributed by atoms with van der Waals surface area (Å²) >= 11 is 5.76. The zero-order valence-corrected chi connectivity index (χ0v) is 13.8. The van der Waals surface area contributed by atoms with Crippen LogP contribution in [0.4, 0.5) is 4.39 Å². The van der Waals surface area contributed by atoms with Crippen molar-refractivity contribution < 1.29 is 9.13 Å². The highest BCUT2D eigenvalue weighted by Gasteiger charge is 2.41. The number of likely N-dealkylation sites (N-methyl/N-ethyl adjacent to an activating group) is 1. The Hall–Kier alpha value is -0.640. The van der Waals surface area contributed by atoms with Gasteiger partial charge in [-0.25, -0.2) is 4.39 Å². The molecule has 3 atom stereocenters. The van der Waals surface area contributed by atoms with E-state index in [9.17, 15) is 4.39 Å². The third-order valence-corrected chi connectivity index (χ3v) is 5.11. The van der Waals surface area contributed by atoms with Crippen LogP contribution in [0.5, 0.6) is 0 Å². The molecule has 1 aromatic carbocycles. The molecule has 1 aromatic rings. The number of nitrogens with one attached hydrogen (secondary N) is 1. The van der Waals surface area contributed by atoms with Crippen molar-refractivity contribution in [1.29, 1.82) is 0 Å². The van der Waals surface area contributed by atoms with Gasteiger partial charge in [-0.1, -0.05) is 37.4 Å². The van der Waals surface area contributed by atoms with Crippen molar-refractivity contribution in [2.75, 3.05) is 14.2 Å². The van der Waals surface area contributed by atoms with Gasteiger partial charge in [0.2, 0.25) is 0 Å². The molecule has 21 heavy (non-hydrogen) atoms. The molecule has 1 fully saturated rings. The second kappa shape index (κ2) is 7.08. The highest BCUT2D eigenvalue weighted by atomic mass is 35.5. The molecule has 1 saturated carbocycles. The van der Waals surface area contributed by atoms with Crippen molar-refractivity contribution in [3.63, 3.8) is 0 Å². The predicted molar refractivity (Wildman–Crippen MR) is 85.3 cm³/mol. The molecule has 1 N–H and O–H groups in total. The van der Waals surface area contributed by atoms with Gasteiger partial charge < -0.3 is 10.1 Å². The third kappa shape index (κ3) is 3.77. The third-order valence-electron chi connectivity index (χ3n) is 4.80. The Balaban J connectivity index is 2.19. The van der Waals surface area contributed by atoms with Crippen LogP contribution < -0.4 is 5.32 Å². The van der Waals surface area contributed by atoms with E-state index in [1.807, 2.05) is 13.1 Å². The SMILES string of the molecule is CNC(Cc1ccc(Cl)c(F)c1)C1(OC)CCCC(C)C1. The van der Waals surface area contributed by atoms with Gasteiger partial charge in [0, 0.05) is 13.2 Å². The Morgan fingerprint density at radius 3 is 2.86 bits per heavy atom. The quantitative estimate of drug-likeness (QED) is 0.879. The highest BCUT2D eigenvalue weighted by molar-refractivity contribution is 6.30. The summed E-state index contributed by atoms with van der Waals surface area (Å²) < 4.78 is 19.6. The Morgan fingerprint density at radius 1 is 1.52 bits per heavy atom. The van der Waals surface area contributed by atoms with Crippen molar-refractivity contribution in [2.45, 2.75) is 50.7 Å². The molecule has 0 spiro atoms. The van der Waals surface area contributed by atoms with Gasteiger partial charge in [-0.3, -0.25) is 0 Å². The zero-order chi connectivity index (χ0) is 15.5. The van der Waals surface area contributed by atoms with E-state index in [1.54, 1.807) is 13.2 Å². The maximum Gasteiger partial charge on any atom is 0.142 e. The summed E-state index contributed by atoms with van der Waals surface area (Å²) in [6, 6.07) is 5.22. The lowest BCUT2D eigenvalue weighted by molar-refractivity contribution is -0.0775. The fourth-order valence-electron chi connectivity index (χ4n) is 3.64. The first-order valence-corrected chi connectivity index (χ1v) is 8.05. The van der Waals surface area contributed by atoms with Crippen LogP contribution in [0.1, 0.15) is 38.2 Å². The normalized spacial score (nSPS) is 27.6. The van der Waals surface area contributed by atoms with Crippen LogP contribution in [-0.2, 0) is 11.2 Å². The molecule has 0 aromatic heterocycles. The fourth-order valence-corrected chi connectivity index (χ4v) is 3.76.